The molecule has 0 radical (unpaired) electrons. The summed E-state index contributed by atoms with van der Waals surface area (Å²) in [5.41, 5.74) is 1.21. The van der Waals surface area contributed by atoms with Crippen molar-refractivity contribution in [2.75, 3.05) is 23.8 Å². The van der Waals surface area contributed by atoms with E-state index in [0.717, 1.165) is 0 Å². The number of amides is 2. The average molecular weight is 481 g/mol. The number of hydrogen-bond donors (Lipinski definition) is 2. The Kier molecular flexibility index (Phi) is 9.97. The first kappa shape index (κ1) is 25.2. The molecule has 170 valence electrons. The summed E-state index contributed by atoms with van der Waals surface area (Å²) in [6, 6.07) is 11.0. The lowest BCUT2D eigenvalue weighted by atomic mass is 10.2. The van der Waals surface area contributed by atoms with Crippen LogP contribution in [0.25, 0.3) is 0 Å². The van der Waals surface area contributed by atoms with Gasteiger partial charge in [0.05, 0.1) is 27.9 Å². The van der Waals surface area contributed by atoms with Gasteiger partial charge in [-0.3, -0.25) is 14.4 Å². The van der Waals surface area contributed by atoms with Gasteiger partial charge in [-0.05, 0) is 49.7 Å². The third kappa shape index (κ3) is 8.20. The summed E-state index contributed by atoms with van der Waals surface area (Å²) in [7, 11) is 0. The van der Waals surface area contributed by atoms with E-state index in [4.69, 9.17) is 32.7 Å². The highest BCUT2D eigenvalue weighted by Gasteiger charge is 2.12. The maximum absolute atomic E-state index is 12.0. The second-order valence-corrected chi connectivity index (χ2v) is 7.29. The number of hydrogen-bond acceptors (Lipinski definition) is 6. The van der Waals surface area contributed by atoms with Gasteiger partial charge in [0.2, 0.25) is 5.91 Å². The van der Waals surface area contributed by atoms with Gasteiger partial charge in [-0.2, -0.15) is 0 Å². The summed E-state index contributed by atoms with van der Waals surface area (Å²) in [6.07, 6.45) is 0.298. The predicted molar refractivity (Wildman–Crippen MR) is 121 cm³/mol. The lowest BCUT2D eigenvalue weighted by Gasteiger charge is -2.09. The predicted octanol–water partition coefficient (Wildman–Crippen LogP) is 4.46. The van der Waals surface area contributed by atoms with E-state index in [2.05, 4.69) is 10.6 Å². The van der Waals surface area contributed by atoms with Crippen molar-refractivity contribution in [3.8, 4) is 0 Å². The monoisotopic (exact) mass is 480 g/mol. The molecule has 0 aliphatic rings. The smallest absolute Gasteiger partial charge is 0.338 e. The van der Waals surface area contributed by atoms with Crippen molar-refractivity contribution in [2.24, 2.45) is 0 Å². The molecule has 2 aromatic rings. The molecule has 0 fully saturated rings. The Labute approximate surface area is 195 Å². The summed E-state index contributed by atoms with van der Waals surface area (Å²) in [6.45, 7) is 1.51. The normalized spacial score (nSPS) is 10.2. The van der Waals surface area contributed by atoms with E-state index in [1.165, 1.54) is 0 Å². The maximum Gasteiger partial charge on any atom is 0.338 e. The van der Waals surface area contributed by atoms with Crippen molar-refractivity contribution >= 4 is 58.3 Å². The van der Waals surface area contributed by atoms with Crippen LogP contribution in [-0.2, 0) is 23.9 Å². The first-order valence-electron chi connectivity index (χ1n) is 9.76. The average Bonchev–Trinajstić information content (AvgIpc) is 2.76. The number of carbonyl (C=O) groups is 4. The maximum atomic E-state index is 12.0. The summed E-state index contributed by atoms with van der Waals surface area (Å²) < 4.78 is 9.79. The number of anilines is 2. The fourth-order valence-electron chi connectivity index (χ4n) is 2.53. The number of carbonyl (C=O) groups excluding carboxylic acids is 4. The molecule has 0 saturated heterocycles. The molecule has 0 aliphatic carbocycles. The van der Waals surface area contributed by atoms with Crippen LogP contribution in [0.5, 0.6) is 0 Å². The van der Waals surface area contributed by atoms with E-state index in [-0.39, 0.29) is 41.8 Å². The van der Waals surface area contributed by atoms with Gasteiger partial charge >= 0.3 is 11.9 Å². The van der Waals surface area contributed by atoms with Crippen LogP contribution >= 0.6 is 23.2 Å². The van der Waals surface area contributed by atoms with Gasteiger partial charge in [0, 0.05) is 18.5 Å². The van der Waals surface area contributed by atoms with E-state index in [9.17, 15) is 19.2 Å². The molecule has 0 aromatic heterocycles. The Bertz CT molecular complexity index is 979. The standard InChI is InChI=1S/C22H22Cl2N2O6/c1-2-31-22(30)14-9-11-15(12-10-14)25-18(27)7-4-8-20(29)32-13-19(28)26-17-6-3-5-16(23)21(17)24/h3,5-6,9-12H,2,4,7-8,13H2,1H3,(H,25,27)(H,26,28). The van der Waals surface area contributed by atoms with E-state index in [1.54, 1.807) is 49.4 Å². The molecule has 2 rings (SSSR count). The molecule has 0 bridgehead atoms. The summed E-state index contributed by atoms with van der Waals surface area (Å²) >= 11 is 11.8. The molecular formula is C22H22Cl2N2O6. The highest BCUT2D eigenvalue weighted by atomic mass is 35.5. The fraction of sp³-hybridized carbons (Fsp3) is 0.273. The van der Waals surface area contributed by atoms with Crippen LogP contribution in [0.2, 0.25) is 10.0 Å². The summed E-state index contributed by atoms with van der Waals surface area (Å²) in [4.78, 5) is 47.3. The molecule has 2 amide bonds. The second kappa shape index (κ2) is 12.7. The Hall–Kier alpha value is -3.10. The van der Waals surface area contributed by atoms with Crippen molar-refractivity contribution < 1.29 is 28.7 Å². The zero-order valence-electron chi connectivity index (χ0n) is 17.3. The highest BCUT2D eigenvalue weighted by Crippen LogP contribution is 2.29. The van der Waals surface area contributed by atoms with Crippen LogP contribution in [0.15, 0.2) is 42.5 Å². The SMILES string of the molecule is CCOC(=O)c1ccc(NC(=O)CCCC(=O)OCC(=O)Nc2cccc(Cl)c2Cl)cc1. The van der Waals surface area contributed by atoms with Crippen molar-refractivity contribution in [2.45, 2.75) is 26.2 Å². The van der Waals surface area contributed by atoms with Crippen LogP contribution < -0.4 is 10.6 Å². The van der Waals surface area contributed by atoms with Gasteiger partial charge < -0.3 is 20.1 Å². The van der Waals surface area contributed by atoms with E-state index >= 15 is 0 Å². The molecule has 0 spiro atoms. The van der Waals surface area contributed by atoms with E-state index in [0.29, 0.717) is 16.9 Å². The summed E-state index contributed by atoms with van der Waals surface area (Å²) in [5.74, 6) is -1.90. The minimum Gasteiger partial charge on any atom is -0.462 e. The summed E-state index contributed by atoms with van der Waals surface area (Å²) in [5, 5.41) is 5.65. The number of benzene rings is 2. The van der Waals surface area contributed by atoms with Gasteiger partial charge in [0.1, 0.15) is 0 Å². The van der Waals surface area contributed by atoms with Crippen molar-refractivity contribution in [3.63, 3.8) is 0 Å². The third-order valence-corrected chi connectivity index (χ3v) is 4.87. The minimum absolute atomic E-state index is 0.0274. The third-order valence-electron chi connectivity index (χ3n) is 4.05. The fourth-order valence-corrected chi connectivity index (χ4v) is 2.87. The molecule has 0 unspecified atom stereocenters. The van der Waals surface area contributed by atoms with Gasteiger partial charge in [0.25, 0.3) is 5.91 Å². The second-order valence-electron chi connectivity index (χ2n) is 6.51. The topological polar surface area (TPSA) is 111 Å². The molecule has 10 heteroatoms. The molecule has 2 N–H and O–H groups in total. The van der Waals surface area contributed by atoms with Crippen molar-refractivity contribution in [1.29, 1.82) is 0 Å². The molecule has 8 nitrogen and oxygen atoms in total. The molecule has 0 atom stereocenters. The lowest BCUT2D eigenvalue weighted by Crippen LogP contribution is -2.21. The zero-order valence-corrected chi connectivity index (χ0v) is 18.8. The highest BCUT2D eigenvalue weighted by molar-refractivity contribution is 6.44. The minimum atomic E-state index is -0.607. The molecular weight excluding hydrogens is 459 g/mol. The van der Waals surface area contributed by atoms with Gasteiger partial charge in [-0.15, -0.1) is 0 Å². The Morgan fingerprint density at radius 2 is 1.59 bits per heavy atom. The zero-order chi connectivity index (χ0) is 23.5. The number of esters is 2. The van der Waals surface area contributed by atoms with Crippen LogP contribution in [0, 0.1) is 0 Å². The van der Waals surface area contributed by atoms with Crippen LogP contribution in [0.4, 0.5) is 11.4 Å². The van der Waals surface area contributed by atoms with Gasteiger partial charge in [-0.1, -0.05) is 29.3 Å². The lowest BCUT2D eigenvalue weighted by molar-refractivity contribution is -0.147. The largest absolute Gasteiger partial charge is 0.462 e. The molecule has 2 aromatic carbocycles. The Morgan fingerprint density at radius 1 is 0.875 bits per heavy atom. The molecule has 0 aliphatic heterocycles. The van der Waals surface area contributed by atoms with Crippen LogP contribution in [0.3, 0.4) is 0 Å². The van der Waals surface area contributed by atoms with Crippen molar-refractivity contribution in [1.82, 2.24) is 0 Å². The van der Waals surface area contributed by atoms with Crippen LogP contribution in [0.1, 0.15) is 36.5 Å². The van der Waals surface area contributed by atoms with E-state index < -0.39 is 24.5 Å². The number of rotatable bonds is 10. The molecule has 0 heterocycles. The molecule has 0 saturated carbocycles. The Morgan fingerprint density at radius 3 is 2.28 bits per heavy atom. The van der Waals surface area contributed by atoms with Gasteiger partial charge in [-0.25, -0.2) is 4.79 Å². The molecule has 32 heavy (non-hydrogen) atoms. The number of nitrogens with one attached hydrogen (secondary N) is 2. The van der Waals surface area contributed by atoms with E-state index in [1.807, 2.05) is 0 Å². The number of halogens is 2. The van der Waals surface area contributed by atoms with Gasteiger partial charge in [0.15, 0.2) is 6.61 Å². The van der Waals surface area contributed by atoms with Crippen molar-refractivity contribution in [3.05, 3.63) is 58.1 Å². The quantitative estimate of drug-likeness (QED) is 0.485. The van der Waals surface area contributed by atoms with Crippen LogP contribution in [-0.4, -0.2) is 37.0 Å². The number of ether oxygens (including phenoxy) is 2. The first-order chi connectivity index (χ1) is 15.3. The Balaban J connectivity index is 1.66. The first-order valence-corrected chi connectivity index (χ1v) is 10.5.